The number of para-hydroxylation sites is 1. The van der Waals surface area contributed by atoms with Gasteiger partial charge in [-0.25, -0.2) is 4.79 Å². The number of benzene rings is 2. The number of nitrogens with two attached hydrogens (primary N) is 1. The van der Waals surface area contributed by atoms with Crippen LogP contribution in [0.4, 0.5) is 10.5 Å². The molecule has 0 aliphatic carbocycles. The third-order valence-electron chi connectivity index (χ3n) is 3.40. The number of carbonyl (C=O) groups excluding carboxylic acids is 1. The molecule has 1 aliphatic rings. The van der Waals surface area contributed by atoms with Crippen molar-refractivity contribution in [1.29, 1.82) is 0 Å². The fourth-order valence-corrected chi connectivity index (χ4v) is 2.60. The SMILES string of the molecule is NC(=O)N1c2ccccc2CC1c1ccccc1. The summed E-state index contributed by atoms with van der Waals surface area (Å²) in [5.74, 6) is 0. The Hall–Kier alpha value is -2.29. The first-order chi connectivity index (χ1) is 8.77. The molecule has 2 N–H and O–H groups in total. The summed E-state index contributed by atoms with van der Waals surface area (Å²) in [7, 11) is 0. The smallest absolute Gasteiger partial charge is 0.319 e. The van der Waals surface area contributed by atoms with E-state index in [4.69, 9.17) is 5.73 Å². The second-order valence-electron chi connectivity index (χ2n) is 4.47. The van der Waals surface area contributed by atoms with Gasteiger partial charge in [-0.05, 0) is 23.6 Å². The van der Waals surface area contributed by atoms with E-state index in [1.807, 2.05) is 54.6 Å². The summed E-state index contributed by atoms with van der Waals surface area (Å²) < 4.78 is 0. The van der Waals surface area contributed by atoms with Crippen LogP contribution in [0.25, 0.3) is 0 Å². The molecule has 0 radical (unpaired) electrons. The van der Waals surface area contributed by atoms with Crippen LogP contribution in [-0.4, -0.2) is 6.03 Å². The van der Waals surface area contributed by atoms with Gasteiger partial charge in [-0.1, -0.05) is 48.5 Å². The molecule has 1 unspecified atom stereocenters. The van der Waals surface area contributed by atoms with Crippen LogP contribution in [0.15, 0.2) is 54.6 Å². The molecule has 0 spiro atoms. The largest absolute Gasteiger partial charge is 0.351 e. The minimum absolute atomic E-state index is 0.0149. The van der Waals surface area contributed by atoms with E-state index in [1.165, 1.54) is 5.56 Å². The predicted molar refractivity (Wildman–Crippen MR) is 71.4 cm³/mol. The monoisotopic (exact) mass is 238 g/mol. The number of amides is 2. The Kier molecular flexibility index (Phi) is 2.52. The predicted octanol–water partition coefficient (Wildman–Crippen LogP) is 2.87. The van der Waals surface area contributed by atoms with Crippen LogP contribution in [0, 0.1) is 0 Å². The highest BCUT2D eigenvalue weighted by Crippen LogP contribution is 2.39. The van der Waals surface area contributed by atoms with E-state index in [9.17, 15) is 4.79 Å². The third-order valence-corrected chi connectivity index (χ3v) is 3.40. The number of hydrogen-bond acceptors (Lipinski definition) is 1. The normalized spacial score (nSPS) is 17.6. The second-order valence-corrected chi connectivity index (χ2v) is 4.47. The average Bonchev–Trinajstić information content (AvgIpc) is 2.79. The number of urea groups is 1. The van der Waals surface area contributed by atoms with Crippen LogP contribution in [-0.2, 0) is 6.42 Å². The van der Waals surface area contributed by atoms with Gasteiger partial charge in [-0.2, -0.15) is 0 Å². The molecule has 3 heteroatoms. The number of carbonyl (C=O) groups is 1. The molecule has 0 bridgehead atoms. The topological polar surface area (TPSA) is 46.3 Å². The van der Waals surface area contributed by atoms with Gasteiger partial charge in [0.25, 0.3) is 0 Å². The Morgan fingerprint density at radius 3 is 2.44 bits per heavy atom. The first kappa shape index (κ1) is 10.8. The first-order valence-corrected chi connectivity index (χ1v) is 5.99. The summed E-state index contributed by atoms with van der Waals surface area (Å²) in [6.07, 6.45) is 0.823. The van der Waals surface area contributed by atoms with E-state index in [1.54, 1.807) is 4.90 Å². The molecule has 0 aromatic heterocycles. The van der Waals surface area contributed by atoms with Gasteiger partial charge in [0.05, 0.1) is 6.04 Å². The molecular weight excluding hydrogens is 224 g/mol. The standard InChI is InChI=1S/C15H14N2O/c16-15(18)17-13-9-5-4-8-12(13)10-14(17)11-6-2-1-3-7-11/h1-9,14H,10H2,(H2,16,18). The van der Waals surface area contributed by atoms with E-state index < -0.39 is 6.03 Å². The number of primary amides is 1. The quantitative estimate of drug-likeness (QED) is 0.815. The van der Waals surface area contributed by atoms with Crippen LogP contribution in [0.2, 0.25) is 0 Å². The van der Waals surface area contributed by atoms with Crippen LogP contribution in [0.1, 0.15) is 17.2 Å². The van der Waals surface area contributed by atoms with E-state index in [2.05, 4.69) is 0 Å². The molecule has 3 rings (SSSR count). The third kappa shape index (κ3) is 1.64. The Bertz CT molecular complexity index is 580. The van der Waals surface area contributed by atoms with Crippen molar-refractivity contribution in [3.8, 4) is 0 Å². The van der Waals surface area contributed by atoms with Gasteiger partial charge >= 0.3 is 6.03 Å². The molecule has 2 aromatic carbocycles. The molecule has 3 nitrogen and oxygen atoms in total. The maximum Gasteiger partial charge on any atom is 0.319 e. The number of hydrogen-bond donors (Lipinski definition) is 1. The molecule has 18 heavy (non-hydrogen) atoms. The fourth-order valence-electron chi connectivity index (χ4n) is 2.60. The van der Waals surface area contributed by atoms with Gasteiger partial charge in [0, 0.05) is 5.69 Å². The molecule has 1 heterocycles. The molecule has 1 aliphatic heterocycles. The Morgan fingerprint density at radius 1 is 1.06 bits per heavy atom. The molecule has 0 saturated heterocycles. The molecule has 1 atom stereocenters. The zero-order valence-corrected chi connectivity index (χ0v) is 9.91. The minimum atomic E-state index is -0.395. The minimum Gasteiger partial charge on any atom is -0.351 e. The van der Waals surface area contributed by atoms with Crippen molar-refractivity contribution >= 4 is 11.7 Å². The zero-order chi connectivity index (χ0) is 12.5. The number of fused-ring (bicyclic) bond motifs is 1. The maximum atomic E-state index is 11.7. The number of rotatable bonds is 1. The lowest BCUT2D eigenvalue weighted by Crippen LogP contribution is -2.36. The lowest BCUT2D eigenvalue weighted by atomic mass is 10.0. The van der Waals surface area contributed by atoms with Crippen LogP contribution >= 0.6 is 0 Å². The van der Waals surface area contributed by atoms with Gasteiger partial charge in [0.15, 0.2) is 0 Å². The van der Waals surface area contributed by atoms with Crippen molar-refractivity contribution in [2.75, 3.05) is 4.90 Å². The molecule has 0 saturated carbocycles. The molecule has 90 valence electrons. The zero-order valence-electron chi connectivity index (χ0n) is 9.91. The van der Waals surface area contributed by atoms with Crippen LogP contribution in [0.5, 0.6) is 0 Å². The van der Waals surface area contributed by atoms with E-state index >= 15 is 0 Å². The van der Waals surface area contributed by atoms with Gasteiger partial charge in [0.1, 0.15) is 0 Å². The highest BCUT2D eigenvalue weighted by molar-refractivity contribution is 5.94. The van der Waals surface area contributed by atoms with Gasteiger partial charge in [0.2, 0.25) is 0 Å². The van der Waals surface area contributed by atoms with E-state index in [0.717, 1.165) is 17.7 Å². The number of nitrogens with zero attached hydrogens (tertiary/aromatic N) is 1. The fraction of sp³-hybridized carbons (Fsp3) is 0.133. The van der Waals surface area contributed by atoms with Crippen molar-refractivity contribution in [2.45, 2.75) is 12.5 Å². The summed E-state index contributed by atoms with van der Waals surface area (Å²) >= 11 is 0. The van der Waals surface area contributed by atoms with Crippen molar-refractivity contribution in [2.24, 2.45) is 5.73 Å². The summed E-state index contributed by atoms with van der Waals surface area (Å²) in [6, 6.07) is 17.5. The van der Waals surface area contributed by atoms with Crippen LogP contribution in [0.3, 0.4) is 0 Å². The molecule has 2 aromatic rings. The van der Waals surface area contributed by atoms with E-state index in [0.29, 0.717) is 0 Å². The summed E-state index contributed by atoms with van der Waals surface area (Å²) in [5.41, 5.74) is 8.75. The number of anilines is 1. The lowest BCUT2D eigenvalue weighted by molar-refractivity contribution is 0.252. The van der Waals surface area contributed by atoms with E-state index in [-0.39, 0.29) is 6.04 Å². The Labute approximate surface area is 106 Å². The van der Waals surface area contributed by atoms with Crippen molar-refractivity contribution in [3.63, 3.8) is 0 Å². The average molecular weight is 238 g/mol. The summed E-state index contributed by atoms with van der Waals surface area (Å²) in [5, 5.41) is 0. The maximum absolute atomic E-state index is 11.7. The van der Waals surface area contributed by atoms with Crippen LogP contribution < -0.4 is 10.6 Å². The van der Waals surface area contributed by atoms with Crippen molar-refractivity contribution < 1.29 is 4.79 Å². The second kappa shape index (κ2) is 4.18. The Morgan fingerprint density at radius 2 is 1.72 bits per heavy atom. The Balaban J connectivity index is 2.06. The summed E-state index contributed by atoms with van der Waals surface area (Å²) in [4.78, 5) is 13.4. The molecular formula is C15H14N2O. The van der Waals surface area contributed by atoms with Gasteiger partial charge in [-0.15, -0.1) is 0 Å². The van der Waals surface area contributed by atoms with Crippen molar-refractivity contribution in [3.05, 3.63) is 65.7 Å². The summed E-state index contributed by atoms with van der Waals surface area (Å²) in [6.45, 7) is 0. The molecule has 0 fully saturated rings. The lowest BCUT2D eigenvalue weighted by Gasteiger charge is -2.23. The van der Waals surface area contributed by atoms with Crippen molar-refractivity contribution in [1.82, 2.24) is 0 Å². The highest BCUT2D eigenvalue weighted by Gasteiger charge is 2.33. The molecule has 2 amide bonds. The first-order valence-electron chi connectivity index (χ1n) is 5.99. The highest BCUT2D eigenvalue weighted by atomic mass is 16.2. The van der Waals surface area contributed by atoms with Gasteiger partial charge in [-0.3, -0.25) is 4.90 Å². The van der Waals surface area contributed by atoms with Gasteiger partial charge < -0.3 is 5.73 Å².